The summed E-state index contributed by atoms with van der Waals surface area (Å²) in [6.45, 7) is 15.1. The number of anilines is 1. The van der Waals surface area contributed by atoms with E-state index in [1.807, 2.05) is 52.8 Å². The fraction of sp³-hybridized carbons (Fsp3) is 0.699. The lowest BCUT2D eigenvalue weighted by atomic mass is 9.79. The number of carboxylic acids is 1. The molecule has 5 heterocycles. The summed E-state index contributed by atoms with van der Waals surface area (Å²) in [5, 5.41) is 59.1. The average molecular weight is 1740 g/mol. The maximum absolute atomic E-state index is 13.3. The van der Waals surface area contributed by atoms with E-state index in [0.29, 0.717) is 123 Å². The van der Waals surface area contributed by atoms with Crippen LogP contribution in [-0.2, 0) is 105 Å². The van der Waals surface area contributed by atoms with Gasteiger partial charge in [0.25, 0.3) is 0 Å². The molecule has 0 radical (unpaired) electrons. The number of pyridine rings is 1. The second kappa shape index (κ2) is 59.7. The number of carbonyl (C=O) groups excluding carboxylic acids is 9. The Morgan fingerprint density at radius 3 is 1.61 bits per heavy atom. The van der Waals surface area contributed by atoms with Crippen LogP contribution in [0.25, 0.3) is 33.6 Å². The van der Waals surface area contributed by atoms with Crippen molar-refractivity contribution in [3.8, 4) is 17.1 Å². The third kappa shape index (κ3) is 38.7. The first-order valence-electron chi connectivity index (χ1n) is 41.4. The van der Waals surface area contributed by atoms with Gasteiger partial charge in [0.15, 0.2) is 42.4 Å². The number of ketones is 1. The van der Waals surface area contributed by atoms with E-state index in [2.05, 4.69) is 20.5 Å². The molecule has 10 atom stereocenters. The second-order valence-corrected chi connectivity index (χ2v) is 30.2. The zero-order valence-electron chi connectivity index (χ0n) is 71.7. The van der Waals surface area contributed by atoms with Crippen LogP contribution < -0.4 is 20.3 Å². The van der Waals surface area contributed by atoms with Crippen LogP contribution in [0.1, 0.15) is 170 Å². The number of imide groups is 1. The Balaban J connectivity index is 0.000000387. The molecule has 9 unspecified atom stereocenters. The van der Waals surface area contributed by atoms with Gasteiger partial charge in [0.1, 0.15) is 42.9 Å². The van der Waals surface area contributed by atoms with E-state index in [0.717, 1.165) is 31.1 Å². The molecule has 2 saturated heterocycles. The number of aromatic nitrogens is 3. The number of carbonyl (C=O) groups is 10. The number of ether oxygens (including phenoxy) is 13. The minimum Gasteiger partial charge on any atom is -0.481 e. The Morgan fingerprint density at radius 1 is 0.620 bits per heavy atom. The number of fused-ring (bicyclic) bond motifs is 3. The molecule has 0 bridgehead atoms. The highest BCUT2D eigenvalue weighted by Gasteiger charge is 2.41. The molecule has 3 aromatic heterocycles. The van der Waals surface area contributed by atoms with Crippen LogP contribution in [0.4, 0.5) is 5.82 Å². The quantitative estimate of drug-likeness (QED) is 0.00600. The Morgan fingerprint density at radius 2 is 1.13 bits per heavy atom. The molecule has 3 fully saturated rings. The monoisotopic (exact) mass is 1740 g/mol. The Hall–Kier alpha value is -8.06. The highest BCUT2D eigenvalue weighted by Crippen LogP contribution is 2.37. The molecule has 8 N–H and O–H groups in total. The van der Waals surface area contributed by atoms with Crippen molar-refractivity contribution in [2.24, 2.45) is 17.8 Å². The predicted molar refractivity (Wildman–Crippen MR) is 441 cm³/mol. The molecule has 0 spiro atoms. The third-order valence-corrected chi connectivity index (χ3v) is 20.9. The van der Waals surface area contributed by atoms with E-state index in [1.54, 1.807) is 38.2 Å². The number of benzene rings is 1. The van der Waals surface area contributed by atoms with Crippen LogP contribution in [0.3, 0.4) is 0 Å². The van der Waals surface area contributed by atoms with Gasteiger partial charge in [0.05, 0.1) is 81.3 Å². The molecule has 4 aromatic rings. The molecule has 2 aliphatic heterocycles. The third-order valence-electron chi connectivity index (χ3n) is 19.7. The summed E-state index contributed by atoms with van der Waals surface area (Å²) in [6.07, 6.45) is 4.85. The number of hydrogen-bond acceptors (Lipinski definition) is 34. The largest absolute Gasteiger partial charge is 0.481 e. The molecule has 7 rings (SSSR count). The molecule has 121 heavy (non-hydrogen) atoms. The molecule has 3 aliphatic rings. The van der Waals surface area contributed by atoms with E-state index >= 15 is 0 Å². The van der Waals surface area contributed by atoms with Gasteiger partial charge in [0.2, 0.25) is 29.3 Å². The molecular formula is C83H129N7O30S. The van der Waals surface area contributed by atoms with Crippen molar-refractivity contribution < 1.29 is 145 Å². The normalized spacial score (nSPS) is 17.5. The SMILES string of the molecule is CCC(=O)C1CCC(CN2C(=O)CC(SCCNC(=O)CCCC(=O)OCC(OC)OC(CC)CO)C2=O)CC1.CCC(CO)OC(CO)OC.CCC(CO)OC(COC(=O)CCCC(=O)N[C@H](C(=O)Oc1cccc(-c2nc(N3CCOCC3)c3oc4ncccc4c3n2)c1)C(C)C)OC.CCC(CO)OC(COC(=O)CCCC(=O)O)OC. The number of aliphatic hydroxyl groups excluding tert-OH is 5. The van der Waals surface area contributed by atoms with Gasteiger partial charge in [-0.25, -0.2) is 19.7 Å². The molecule has 1 aromatic carbocycles. The topological polar surface area (TPSA) is 494 Å². The van der Waals surface area contributed by atoms with Gasteiger partial charge >= 0.3 is 29.8 Å². The smallest absolute Gasteiger partial charge is 0.334 e. The lowest BCUT2D eigenvalue weighted by Gasteiger charge is -2.30. The summed E-state index contributed by atoms with van der Waals surface area (Å²) in [4.78, 5) is 139. The van der Waals surface area contributed by atoms with E-state index in [4.69, 9.17) is 96.4 Å². The number of hydrogen-bond donors (Lipinski definition) is 8. The minimum absolute atomic E-state index is 0.00276. The van der Waals surface area contributed by atoms with Crippen LogP contribution in [-0.4, -0.2) is 297 Å². The number of aliphatic carboxylic acids is 1. The highest BCUT2D eigenvalue weighted by molar-refractivity contribution is 8.00. The molecule has 37 nitrogen and oxygen atoms in total. The van der Waals surface area contributed by atoms with Crippen molar-refractivity contribution in [3.63, 3.8) is 0 Å². The lowest BCUT2D eigenvalue weighted by Crippen LogP contribution is -2.46. The first kappa shape index (κ1) is 105. The number of rotatable bonds is 53. The number of esters is 4. The first-order valence-corrected chi connectivity index (χ1v) is 42.5. The number of amides is 4. The average Bonchev–Trinajstić information content (AvgIpc) is 1.61. The standard InChI is InChI=1S/C36H45N5O10.C28H46N2O9S.C12H22O7.C7H16O4/c1-5-24(20-42)49-29(46-4)21-48-28(44)13-7-12-27(43)38-30(22(2)3)36(45)50-25-10-6-9-23(19-25)33-39-31-26-11-8-14-37-35(26)51-32(31)34(40-33)41-15-17-47-18-16-41;1-4-21(17-31)39-27(37-3)18-38-26(35)8-6-7-24(33)29-13-14-40-23-15-25(34)30(28(23)36)16-19-9-11-20(12-10-19)22(32)5-2;1-3-9(7-13)19-12(17-2)8-18-11(16)6-4-5-10(14)15;1-3-6(4-8)11-7(5-9)10-2/h6,8-11,14,19,22,24,29-30,42H,5,7,12-13,15-18,20-21H2,1-4H3,(H,38,43);19-21,23,27,31H,4-18H2,1-3H3,(H,29,33);9,12-13H,3-8H2,1-2H3,(H,14,15);6-9H,3-5H2,1-2H3/t24?,29?,30-;;;/m0.../s1. The summed E-state index contributed by atoms with van der Waals surface area (Å²) in [5.74, 6) is -1.77. The van der Waals surface area contributed by atoms with Crippen molar-refractivity contribution in [2.45, 2.75) is 231 Å². The van der Waals surface area contributed by atoms with Crippen molar-refractivity contribution in [1.82, 2.24) is 30.5 Å². The number of likely N-dealkylation sites (tertiary alicyclic amines) is 1. The zero-order valence-corrected chi connectivity index (χ0v) is 72.5. The van der Waals surface area contributed by atoms with E-state index in [1.165, 1.54) is 45.1 Å². The molecule has 38 heteroatoms. The zero-order chi connectivity index (χ0) is 89.2. The van der Waals surface area contributed by atoms with Gasteiger partial charge in [0, 0.05) is 129 Å². The van der Waals surface area contributed by atoms with Gasteiger partial charge in [-0.2, -0.15) is 0 Å². The van der Waals surface area contributed by atoms with Gasteiger partial charge in [-0.3, -0.25) is 48.1 Å². The Kier molecular flexibility index (Phi) is 51.9. The second-order valence-electron chi connectivity index (χ2n) is 28.9. The summed E-state index contributed by atoms with van der Waals surface area (Å²) in [7, 11) is 5.70. The van der Waals surface area contributed by atoms with Gasteiger partial charge in [-0.15, -0.1) is 11.8 Å². The minimum atomic E-state index is -0.945. The number of nitrogens with one attached hydrogen (secondary N) is 2. The number of thioether (sulfide) groups is 1. The van der Waals surface area contributed by atoms with Crippen LogP contribution in [0.15, 0.2) is 47.0 Å². The fourth-order valence-corrected chi connectivity index (χ4v) is 13.4. The fourth-order valence-electron chi connectivity index (χ4n) is 12.3. The number of morpholine rings is 1. The Labute approximate surface area is 711 Å². The highest BCUT2D eigenvalue weighted by atomic mass is 32.2. The summed E-state index contributed by atoms with van der Waals surface area (Å²) >= 11 is 1.37. The van der Waals surface area contributed by atoms with Crippen molar-refractivity contribution >= 4 is 99.0 Å². The molecule has 1 aliphatic carbocycles. The van der Waals surface area contributed by atoms with Gasteiger partial charge in [-0.05, 0) is 107 Å². The maximum Gasteiger partial charge on any atom is 0.334 e. The number of carboxylic acid groups (broad SMARTS) is 1. The number of furan rings is 1. The summed E-state index contributed by atoms with van der Waals surface area (Å²) in [5.41, 5.74) is 2.25. The number of nitrogens with zero attached hydrogens (tertiary/aromatic N) is 5. The molecular weight excluding hydrogens is 1610 g/mol. The lowest BCUT2D eigenvalue weighted by molar-refractivity contribution is -0.194. The van der Waals surface area contributed by atoms with Gasteiger partial charge < -0.3 is 112 Å². The summed E-state index contributed by atoms with van der Waals surface area (Å²) in [6, 6.07) is 9.69. The maximum atomic E-state index is 13.3. The van der Waals surface area contributed by atoms with Crippen molar-refractivity contribution in [2.75, 3.05) is 131 Å². The number of aliphatic hydroxyl groups is 5. The van der Waals surface area contributed by atoms with E-state index in [9.17, 15) is 58.2 Å². The van der Waals surface area contributed by atoms with Crippen LogP contribution in [0, 0.1) is 17.8 Å². The van der Waals surface area contributed by atoms with Gasteiger partial charge in [-0.1, -0.05) is 60.6 Å². The molecule has 1 saturated carbocycles. The molecule has 682 valence electrons. The Bertz CT molecular complexity index is 3700. The van der Waals surface area contributed by atoms with Crippen LogP contribution in [0.5, 0.6) is 5.75 Å². The first-order chi connectivity index (χ1) is 58.2. The van der Waals surface area contributed by atoms with Crippen molar-refractivity contribution in [3.05, 3.63) is 42.6 Å². The van der Waals surface area contributed by atoms with E-state index in [-0.39, 0.29) is 164 Å². The van der Waals surface area contributed by atoms with Crippen LogP contribution in [0.2, 0.25) is 0 Å². The predicted octanol–water partition coefficient (Wildman–Crippen LogP) is 6.30. The molecule has 4 amide bonds. The van der Waals surface area contributed by atoms with E-state index < -0.39 is 84.4 Å². The number of methoxy groups -OCH3 is 4. The van der Waals surface area contributed by atoms with Crippen LogP contribution >= 0.6 is 11.8 Å². The summed E-state index contributed by atoms with van der Waals surface area (Å²) < 4.78 is 74.1. The number of Topliss-reactive ketones (excluding diaryl/α,β-unsaturated/α-hetero) is 1. The van der Waals surface area contributed by atoms with Crippen molar-refractivity contribution in [1.29, 1.82) is 0 Å².